The molecule has 2 rings (SSSR count). The van der Waals surface area contributed by atoms with Gasteiger partial charge in [-0.2, -0.15) is 10.2 Å². The number of hydrogen-bond donors (Lipinski definition) is 0. The lowest BCUT2D eigenvalue weighted by atomic mass is 10.1. The average molecular weight is 320 g/mol. The van der Waals surface area contributed by atoms with Crippen molar-refractivity contribution in [1.82, 2.24) is 24.5 Å². The van der Waals surface area contributed by atoms with Crippen LogP contribution in [0.5, 0.6) is 0 Å². The third kappa shape index (κ3) is 3.93. The molecule has 0 aliphatic rings. The molecule has 2 heterocycles. The summed E-state index contributed by atoms with van der Waals surface area (Å²) < 4.78 is 3.26. The summed E-state index contributed by atoms with van der Waals surface area (Å²) in [5, 5.41) is 18.7. The topological polar surface area (TPSA) is 99.1 Å². The van der Waals surface area contributed by atoms with E-state index in [0.29, 0.717) is 13.1 Å². The minimum absolute atomic E-state index is 0.0491. The van der Waals surface area contributed by atoms with Crippen molar-refractivity contribution in [2.45, 2.75) is 33.5 Å². The van der Waals surface area contributed by atoms with Crippen LogP contribution in [0.2, 0.25) is 0 Å². The Labute approximate surface area is 133 Å². The van der Waals surface area contributed by atoms with Crippen LogP contribution in [-0.4, -0.2) is 42.3 Å². The number of aromatic nitrogens is 4. The minimum atomic E-state index is -0.506. The van der Waals surface area contributed by atoms with Crippen LogP contribution >= 0.6 is 0 Å². The van der Waals surface area contributed by atoms with E-state index in [2.05, 4.69) is 10.2 Å². The molecule has 0 aromatic carbocycles. The monoisotopic (exact) mass is 320 g/mol. The van der Waals surface area contributed by atoms with Gasteiger partial charge < -0.3 is 4.90 Å². The summed E-state index contributed by atoms with van der Waals surface area (Å²) in [5.74, 6) is -0.385. The zero-order valence-electron chi connectivity index (χ0n) is 13.4. The van der Waals surface area contributed by atoms with E-state index in [1.807, 2.05) is 17.7 Å². The molecule has 1 unspecified atom stereocenters. The van der Waals surface area contributed by atoms with Crippen molar-refractivity contribution in [2.75, 3.05) is 7.05 Å². The average Bonchev–Trinajstić information content (AvgIpc) is 3.15. The molecule has 9 nitrogen and oxygen atoms in total. The second-order valence-electron chi connectivity index (χ2n) is 5.41. The Morgan fingerprint density at radius 1 is 1.48 bits per heavy atom. The lowest BCUT2D eigenvalue weighted by molar-refractivity contribution is -0.385. The molecule has 0 spiro atoms. The summed E-state index contributed by atoms with van der Waals surface area (Å²) in [5.41, 5.74) is 0.884. The quantitative estimate of drug-likeness (QED) is 0.565. The Bertz CT molecular complexity index is 692. The van der Waals surface area contributed by atoms with Crippen LogP contribution in [0.25, 0.3) is 0 Å². The van der Waals surface area contributed by atoms with Gasteiger partial charge in [0.25, 0.3) is 0 Å². The molecule has 0 fully saturated rings. The molecule has 0 N–H and O–H groups in total. The first-order chi connectivity index (χ1) is 10.9. The van der Waals surface area contributed by atoms with E-state index in [4.69, 9.17) is 0 Å². The van der Waals surface area contributed by atoms with Gasteiger partial charge in [0, 0.05) is 19.8 Å². The SMILES string of the molecule is CCn1nccc1CN(C)C(=O)C(C)Cn1cc([N+](=O)[O-])cn1. The maximum absolute atomic E-state index is 12.4. The molecule has 0 radical (unpaired) electrons. The second kappa shape index (κ2) is 7.03. The lowest BCUT2D eigenvalue weighted by Crippen LogP contribution is -2.34. The van der Waals surface area contributed by atoms with Crippen molar-refractivity contribution >= 4 is 11.6 Å². The van der Waals surface area contributed by atoms with Crippen molar-refractivity contribution in [3.05, 3.63) is 40.5 Å². The van der Waals surface area contributed by atoms with E-state index in [-0.39, 0.29) is 17.5 Å². The molecule has 0 bridgehead atoms. The number of carbonyl (C=O) groups excluding carboxylic acids is 1. The Balaban J connectivity index is 1.96. The predicted octanol–water partition coefficient (Wildman–Crippen LogP) is 1.30. The van der Waals surface area contributed by atoms with Crippen molar-refractivity contribution in [1.29, 1.82) is 0 Å². The summed E-state index contributed by atoms with van der Waals surface area (Å²) in [4.78, 5) is 24.2. The fourth-order valence-electron chi connectivity index (χ4n) is 2.38. The Morgan fingerprint density at radius 3 is 2.83 bits per heavy atom. The van der Waals surface area contributed by atoms with Gasteiger partial charge in [-0.15, -0.1) is 0 Å². The summed E-state index contributed by atoms with van der Waals surface area (Å²) in [6.45, 7) is 5.28. The van der Waals surface area contributed by atoms with Crippen LogP contribution in [0, 0.1) is 16.0 Å². The van der Waals surface area contributed by atoms with Gasteiger partial charge in [-0.3, -0.25) is 24.3 Å². The van der Waals surface area contributed by atoms with E-state index in [1.54, 1.807) is 25.1 Å². The number of carbonyl (C=O) groups is 1. The van der Waals surface area contributed by atoms with Gasteiger partial charge in [0.2, 0.25) is 5.91 Å². The largest absolute Gasteiger partial charge is 0.340 e. The maximum Gasteiger partial charge on any atom is 0.306 e. The van der Waals surface area contributed by atoms with Crippen LogP contribution in [0.4, 0.5) is 5.69 Å². The minimum Gasteiger partial charge on any atom is -0.340 e. The fourth-order valence-corrected chi connectivity index (χ4v) is 2.38. The highest BCUT2D eigenvalue weighted by Crippen LogP contribution is 2.12. The highest BCUT2D eigenvalue weighted by atomic mass is 16.6. The molecule has 2 aromatic heterocycles. The smallest absolute Gasteiger partial charge is 0.306 e. The van der Waals surface area contributed by atoms with Crippen molar-refractivity contribution in [3.63, 3.8) is 0 Å². The highest BCUT2D eigenvalue weighted by Gasteiger charge is 2.20. The van der Waals surface area contributed by atoms with Gasteiger partial charge in [-0.05, 0) is 13.0 Å². The van der Waals surface area contributed by atoms with Crippen LogP contribution in [0.3, 0.4) is 0 Å². The number of aryl methyl sites for hydroxylation is 1. The van der Waals surface area contributed by atoms with Crippen molar-refractivity contribution < 1.29 is 9.72 Å². The molecule has 9 heteroatoms. The van der Waals surface area contributed by atoms with Crippen molar-refractivity contribution in [2.24, 2.45) is 5.92 Å². The van der Waals surface area contributed by atoms with E-state index < -0.39 is 4.92 Å². The number of nitrogens with zero attached hydrogens (tertiary/aromatic N) is 6. The first-order valence-electron chi connectivity index (χ1n) is 7.34. The first kappa shape index (κ1) is 16.7. The van der Waals surface area contributed by atoms with Crippen molar-refractivity contribution in [3.8, 4) is 0 Å². The van der Waals surface area contributed by atoms with E-state index in [0.717, 1.165) is 12.2 Å². The summed E-state index contributed by atoms with van der Waals surface area (Å²) in [6, 6.07) is 1.88. The normalized spacial score (nSPS) is 12.1. The van der Waals surface area contributed by atoms with E-state index >= 15 is 0 Å². The van der Waals surface area contributed by atoms with Gasteiger partial charge in [0.05, 0.1) is 29.6 Å². The third-order valence-electron chi connectivity index (χ3n) is 3.59. The Hall–Kier alpha value is -2.71. The van der Waals surface area contributed by atoms with E-state index in [9.17, 15) is 14.9 Å². The van der Waals surface area contributed by atoms with Gasteiger partial charge in [0.1, 0.15) is 12.4 Å². The van der Waals surface area contributed by atoms with Crippen LogP contribution in [-0.2, 0) is 24.4 Å². The molecule has 0 saturated carbocycles. The van der Waals surface area contributed by atoms with Gasteiger partial charge in [-0.25, -0.2) is 0 Å². The van der Waals surface area contributed by atoms with Crippen LogP contribution < -0.4 is 0 Å². The van der Waals surface area contributed by atoms with Crippen LogP contribution in [0.15, 0.2) is 24.7 Å². The van der Waals surface area contributed by atoms with Crippen LogP contribution in [0.1, 0.15) is 19.5 Å². The molecule has 2 aromatic rings. The standard InChI is InChI=1S/C14H20N6O3/c1-4-19-12(5-6-15-19)9-17(3)14(21)11(2)8-18-10-13(7-16-18)20(22)23/h5-7,10-11H,4,8-9H2,1-3H3. The van der Waals surface area contributed by atoms with Gasteiger partial charge in [-0.1, -0.05) is 6.92 Å². The maximum atomic E-state index is 12.4. The summed E-state index contributed by atoms with van der Waals surface area (Å²) in [7, 11) is 1.73. The lowest BCUT2D eigenvalue weighted by Gasteiger charge is -2.21. The summed E-state index contributed by atoms with van der Waals surface area (Å²) in [6.07, 6.45) is 4.22. The second-order valence-corrected chi connectivity index (χ2v) is 5.41. The number of nitro groups is 1. The molecule has 0 aliphatic heterocycles. The third-order valence-corrected chi connectivity index (χ3v) is 3.59. The summed E-state index contributed by atoms with van der Waals surface area (Å²) >= 11 is 0. The Kier molecular flexibility index (Phi) is 5.09. The molecular weight excluding hydrogens is 300 g/mol. The molecular formula is C14H20N6O3. The molecule has 1 atom stereocenters. The Morgan fingerprint density at radius 2 is 2.22 bits per heavy atom. The fraction of sp³-hybridized carbons (Fsp3) is 0.500. The number of amides is 1. The van der Waals surface area contributed by atoms with Gasteiger partial charge >= 0.3 is 5.69 Å². The molecule has 23 heavy (non-hydrogen) atoms. The highest BCUT2D eigenvalue weighted by molar-refractivity contribution is 5.78. The zero-order chi connectivity index (χ0) is 17.0. The number of rotatable bonds is 7. The molecule has 0 saturated heterocycles. The predicted molar refractivity (Wildman–Crippen MR) is 82.4 cm³/mol. The van der Waals surface area contributed by atoms with E-state index in [1.165, 1.54) is 17.1 Å². The zero-order valence-corrected chi connectivity index (χ0v) is 13.4. The molecule has 124 valence electrons. The first-order valence-corrected chi connectivity index (χ1v) is 7.34. The number of hydrogen-bond acceptors (Lipinski definition) is 5. The molecule has 0 aliphatic carbocycles. The van der Waals surface area contributed by atoms with Gasteiger partial charge in [0.15, 0.2) is 0 Å². The molecule has 1 amide bonds.